The molecule has 0 heterocycles. The summed E-state index contributed by atoms with van der Waals surface area (Å²) in [4.78, 5) is 10.8. The van der Waals surface area contributed by atoms with Crippen LogP contribution in [0.4, 0.5) is 17.6 Å². The van der Waals surface area contributed by atoms with Crippen molar-refractivity contribution in [3.8, 4) is 6.07 Å². The third kappa shape index (κ3) is 4.74. The first-order valence-electron chi connectivity index (χ1n) is 5.40. The number of hydrogen-bond donors (Lipinski definition) is 0. The number of esters is 1. The van der Waals surface area contributed by atoms with Gasteiger partial charge in [0, 0.05) is 10.5 Å². The van der Waals surface area contributed by atoms with Gasteiger partial charge >= 0.3 is 11.5 Å². The lowest BCUT2D eigenvalue weighted by Gasteiger charge is -2.12. The third-order valence-electron chi connectivity index (χ3n) is 2.14. The molecule has 0 amide bonds. The van der Waals surface area contributed by atoms with Crippen molar-refractivity contribution in [2.24, 2.45) is 0 Å². The number of hydrogen-bond acceptors (Lipinski definition) is 4. The van der Waals surface area contributed by atoms with Crippen LogP contribution in [-0.4, -0.2) is 18.1 Å². The maximum absolute atomic E-state index is 13.7. The fourth-order valence-electron chi connectivity index (χ4n) is 1.42. The Bertz CT molecular complexity index is 552. The lowest BCUT2D eigenvalue weighted by atomic mass is 10.1. The monoisotopic (exact) mass is 307 g/mol. The zero-order valence-electron chi connectivity index (χ0n) is 10.3. The molecule has 0 radical (unpaired) electrons. The quantitative estimate of drug-likeness (QED) is 0.486. The van der Waals surface area contributed by atoms with Gasteiger partial charge in [0.1, 0.15) is 5.82 Å². The Labute approximate surface area is 116 Å². The summed E-state index contributed by atoms with van der Waals surface area (Å²) in [5.74, 6) is -1.87. The maximum atomic E-state index is 13.7. The van der Waals surface area contributed by atoms with Crippen LogP contribution in [0.1, 0.15) is 18.1 Å². The van der Waals surface area contributed by atoms with Crippen LogP contribution in [0.2, 0.25) is 0 Å². The van der Waals surface area contributed by atoms with Crippen LogP contribution < -0.4 is 0 Å². The first-order chi connectivity index (χ1) is 9.26. The Morgan fingerprint density at radius 1 is 1.45 bits per heavy atom. The van der Waals surface area contributed by atoms with Gasteiger partial charge in [0.2, 0.25) is 0 Å². The van der Waals surface area contributed by atoms with Gasteiger partial charge in [-0.15, -0.1) is 0 Å². The third-order valence-corrected chi connectivity index (χ3v) is 2.95. The molecule has 0 atom stereocenters. The van der Waals surface area contributed by atoms with Gasteiger partial charge in [-0.3, -0.25) is 4.79 Å². The molecule has 0 aliphatic rings. The predicted molar refractivity (Wildman–Crippen MR) is 63.4 cm³/mol. The topological polar surface area (TPSA) is 50.1 Å². The van der Waals surface area contributed by atoms with Crippen LogP contribution >= 0.6 is 11.8 Å². The smallest absolute Gasteiger partial charge is 0.446 e. The number of nitrogens with zero attached hydrogens (tertiary/aromatic N) is 1. The molecular formula is C12H9F4NO2S. The second-order valence-electron chi connectivity index (χ2n) is 3.58. The van der Waals surface area contributed by atoms with Crippen LogP contribution in [0.5, 0.6) is 0 Å². The normalized spacial score (nSPS) is 11.0. The first kappa shape index (κ1) is 16.3. The van der Waals surface area contributed by atoms with Crippen molar-refractivity contribution in [3.05, 3.63) is 29.1 Å². The molecule has 0 aliphatic carbocycles. The van der Waals surface area contributed by atoms with E-state index in [9.17, 15) is 22.4 Å². The molecule has 0 bridgehead atoms. The SMILES string of the molecule is CCOC(=O)Cc1c(F)cc(C#N)cc1SC(F)(F)F. The number of thioether (sulfide) groups is 1. The summed E-state index contributed by atoms with van der Waals surface area (Å²) in [5.41, 5.74) is -5.32. The van der Waals surface area contributed by atoms with E-state index in [1.807, 2.05) is 0 Å². The number of nitriles is 1. The van der Waals surface area contributed by atoms with E-state index in [-0.39, 0.29) is 12.2 Å². The van der Waals surface area contributed by atoms with Crippen LogP contribution in [-0.2, 0) is 16.0 Å². The Kier molecular flexibility index (Phi) is 5.39. The Balaban J connectivity index is 3.19. The molecule has 0 spiro atoms. The summed E-state index contributed by atoms with van der Waals surface area (Å²) >= 11 is -0.568. The molecule has 1 aromatic rings. The highest BCUT2D eigenvalue weighted by Crippen LogP contribution is 2.39. The van der Waals surface area contributed by atoms with Crippen molar-refractivity contribution in [2.45, 2.75) is 23.7 Å². The fraction of sp³-hybridized carbons (Fsp3) is 0.333. The summed E-state index contributed by atoms with van der Waals surface area (Å²) in [5, 5.41) is 8.64. The van der Waals surface area contributed by atoms with Gasteiger partial charge in [0.25, 0.3) is 0 Å². The standard InChI is InChI=1S/C12H9F4NO2S/c1-2-19-11(18)5-8-9(13)3-7(6-17)4-10(8)20-12(14,15)16/h3-4H,2,5H2,1H3. The average Bonchev–Trinajstić information content (AvgIpc) is 2.31. The second kappa shape index (κ2) is 6.61. The number of halogens is 4. The number of alkyl halides is 3. The zero-order chi connectivity index (χ0) is 15.3. The average molecular weight is 307 g/mol. The highest BCUT2D eigenvalue weighted by Gasteiger charge is 2.32. The minimum absolute atomic E-state index is 0.0402. The predicted octanol–water partition coefficient (Wildman–Crippen LogP) is 3.41. The van der Waals surface area contributed by atoms with E-state index in [1.54, 1.807) is 6.07 Å². The molecule has 108 valence electrons. The van der Waals surface area contributed by atoms with Crippen LogP contribution in [0.15, 0.2) is 17.0 Å². The van der Waals surface area contributed by atoms with Crippen molar-refractivity contribution in [1.29, 1.82) is 5.26 Å². The molecule has 0 fully saturated rings. The molecule has 0 aromatic heterocycles. The molecule has 1 rings (SSSR count). The van der Waals surface area contributed by atoms with Gasteiger partial charge in [-0.25, -0.2) is 4.39 Å². The van der Waals surface area contributed by atoms with E-state index in [4.69, 9.17) is 5.26 Å². The van der Waals surface area contributed by atoms with Gasteiger partial charge in [0.05, 0.1) is 24.7 Å². The summed E-state index contributed by atoms with van der Waals surface area (Å²) in [6.45, 7) is 1.57. The molecule has 0 saturated heterocycles. The van der Waals surface area contributed by atoms with E-state index < -0.39 is 45.9 Å². The molecule has 0 unspecified atom stereocenters. The number of ether oxygens (including phenoxy) is 1. The second-order valence-corrected chi connectivity index (χ2v) is 4.68. The van der Waals surface area contributed by atoms with E-state index in [2.05, 4.69) is 4.74 Å². The molecule has 3 nitrogen and oxygen atoms in total. The van der Waals surface area contributed by atoms with E-state index in [0.29, 0.717) is 0 Å². The number of carbonyl (C=O) groups is 1. The molecule has 0 aliphatic heterocycles. The van der Waals surface area contributed by atoms with Crippen LogP contribution in [0.25, 0.3) is 0 Å². The van der Waals surface area contributed by atoms with Crippen molar-refractivity contribution in [3.63, 3.8) is 0 Å². The molecule has 0 saturated carbocycles. The minimum Gasteiger partial charge on any atom is -0.466 e. The van der Waals surface area contributed by atoms with Crippen LogP contribution in [0, 0.1) is 17.1 Å². The molecule has 20 heavy (non-hydrogen) atoms. The largest absolute Gasteiger partial charge is 0.466 e. The summed E-state index contributed by atoms with van der Waals surface area (Å²) < 4.78 is 55.6. The highest BCUT2D eigenvalue weighted by atomic mass is 32.2. The van der Waals surface area contributed by atoms with Crippen molar-refractivity contribution >= 4 is 17.7 Å². The lowest BCUT2D eigenvalue weighted by Crippen LogP contribution is -2.11. The highest BCUT2D eigenvalue weighted by molar-refractivity contribution is 8.00. The number of rotatable bonds is 4. The summed E-state index contributed by atoms with van der Waals surface area (Å²) in [6.07, 6.45) is -0.621. The summed E-state index contributed by atoms with van der Waals surface area (Å²) in [7, 11) is 0. The van der Waals surface area contributed by atoms with Crippen molar-refractivity contribution < 1.29 is 27.1 Å². The minimum atomic E-state index is -4.65. The van der Waals surface area contributed by atoms with Crippen LogP contribution in [0.3, 0.4) is 0 Å². The van der Waals surface area contributed by atoms with Gasteiger partial charge in [0.15, 0.2) is 0 Å². The number of carbonyl (C=O) groups excluding carboxylic acids is 1. The first-order valence-corrected chi connectivity index (χ1v) is 6.22. The maximum Gasteiger partial charge on any atom is 0.446 e. The molecule has 0 N–H and O–H groups in total. The number of benzene rings is 1. The van der Waals surface area contributed by atoms with Crippen molar-refractivity contribution in [2.75, 3.05) is 6.61 Å². The van der Waals surface area contributed by atoms with Gasteiger partial charge in [-0.2, -0.15) is 18.4 Å². The van der Waals surface area contributed by atoms with Gasteiger partial charge in [-0.1, -0.05) is 0 Å². The Morgan fingerprint density at radius 2 is 2.10 bits per heavy atom. The van der Waals surface area contributed by atoms with Gasteiger partial charge in [-0.05, 0) is 30.8 Å². The Hall–Kier alpha value is -1.75. The van der Waals surface area contributed by atoms with E-state index in [0.717, 1.165) is 12.1 Å². The molecule has 1 aromatic carbocycles. The van der Waals surface area contributed by atoms with Crippen molar-refractivity contribution in [1.82, 2.24) is 0 Å². The lowest BCUT2D eigenvalue weighted by molar-refractivity contribution is -0.142. The van der Waals surface area contributed by atoms with Gasteiger partial charge < -0.3 is 4.74 Å². The summed E-state index contributed by atoms with van der Waals surface area (Å²) in [6, 6.07) is 3.25. The molecular weight excluding hydrogens is 298 g/mol. The fourth-order valence-corrected chi connectivity index (χ4v) is 2.15. The zero-order valence-corrected chi connectivity index (χ0v) is 11.1. The molecule has 8 heteroatoms. The van der Waals surface area contributed by atoms with E-state index >= 15 is 0 Å². The van der Waals surface area contributed by atoms with E-state index in [1.165, 1.54) is 6.92 Å². The Morgan fingerprint density at radius 3 is 2.60 bits per heavy atom.